The molecular formula is C33H36N2O2S. The second-order valence-corrected chi connectivity index (χ2v) is 11.6. The summed E-state index contributed by atoms with van der Waals surface area (Å²) in [7, 11) is 0. The lowest BCUT2D eigenvalue weighted by atomic mass is 9.85. The van der Waals surface area contributed by atoms with Gasteiger partial charge in [0.2, 0.25) is 0 Å². The molecule has 2 atom stereocenters. The number of carbonyl (C=O) groups is 1. The van der Waals surface area contributed by atoms with E-state index < -0.39 is 0 Å². The summed E-state index contributed by atoms with van der Waals surface area (Å²) in [5, 5.41) is 0.787. The highest BCUT2D eigenvalue weighted by atomic mass is 32.2. The molecule has 1 heterocycles. The van der Waals surface area contributed by atoms with E-state index in [-0.39, 0.29) is 11.9 Å². The van der Waals surface area contributed by atoms with Crippen LogP contribution in [0.25, 0.3) is 6.08 Å². The van der Waals surface area contributed by atoms with Crippen molar-refractivity contribution in [2.75, 3.05) is 0 Å². The van der Waals surface area contributed by atoms with Crippen molar-refractivity contribution < 1.29 is 9.53 Å². The van der Waals surface area contributed by atoms with Crippen LogP contribution in [-0.2, 0) is 11.4 Å². The lowest BCUT2D eigenvalue weighted by Crippen LogP contribution is -2.44. The Hall–Kier alpha value is -3.31. The molecule has 196 valence electrons. The van der Waals surface area contributed by atoms with Crippen molar-refractivity contribution >= 4 is 34.6 Å². The number of carbonyl (C=O) groups excluding carboxylic acids is 1. The summed E-state index contributed by atoms with van der Waals surface area (Å²) < 4.78 is 6.11. The summed E-state index contributed by atoms with van der Waals surface area (Å²) in [5.41, 5.74) is 6.87. The van der Waals surface area contributed by atoms with Crippen LogP contribution in [0.15, 0.2) is 76.6 Å². The number of amidine groups is 1. The molecule has 0 unspecified atom stereocenters. The molecule has 3 aromatic carbocycles. The Morgan fingerprint density at radius 3 is 2.34 bits per heavy atom. The van der Waals surface area contributed by atoms with E-state index in [4.69, 9.17) is 9.73 Å². The highest BCUT2D eigenvalue weighted by Gasteiger charge is 2.41. The average molecular weight is 525 g/mol. The van der Waals surface area contributed by atoms with Crippen LogP contribution in [-0.4, -0.2) is 22.0 Å². The molecule has 1 aliphatic heterocycles. The third kappa shape index (κ3) is 5.88. The molecule has 0 N–H and O–H groups in total. The quantitative estimate of drug-likeness (QED) is 0.304. The molecule has 0 aromatic heterocycles. The van der Waals surface area contributed by atoms with Crippen LogP contribution in [0.2, 0.25) is 0 Å². The van der Waals surface area contributed by atoms with Gasteiger partial charge in [0.25, 0.3) is 5.91 Å². The first-order chi connectivity index (χ1) is 18.4. The standard InChI is InChI=1S/C33H36N2O2S/c1-22-18-24(3)29(25(4)19-22)21-37-28-16-14-26(15-17-28)20-31-32(36)35(30-13-9-8-10-23(30)2)33(38-31)34-27-11-6-5-7-12-27/h5-7,11-12,14-20,23,30H,8-10,13,21H2,1-4H3/b31-20-,34-33?/t23-,30-/m0/s1. The van der Waals surface area contributed by atoms with Gasteiger partial charge in [-0.2, -0.15) is 0 Å². The first-order valence-corrected chi connectivity index (χ1v) is 14.4. The summed E-state index contributed by atoms with van der Waals surface area (Å²) in [5.74, 6) is 1.35. The number of rotatable bonds is 6. The Morgan fingerprint density at radius 1 is 0.974 bits per heavy atom. The zero-order chi connectivity index (χ0) is 26.6. The number of hydrogen-bond donors (Lipinski definition) is 0. The maximum atomic E-state index is 13.7. The maximum Gasteiger partial charge on any atom is 0.267 e. The summed E-state index contributed by atoms with van der Waals surface area (Å²) >= 11 is 1.48. The topological polar surface area (TPSA) is 41.9 Å². The maximum absolute atomic E-state index is 13.7. The van der Waals surface area contributed by atoms with Crippen LogP contribution < -0.4 is 4.74 Å². The smallest absolute Gasteiger partial charge is 0.267 e. The summed E-state index contributed by atoms with van der Waals surface area (Å²) in [6, 6.07) is 22.5. The Bertz CT molecular complexity index is 1340. The molecule has 1 saturated carbocycles. The van der Waals surface area contributed by atoms with Gasteiger partial charge in [-0.3, -0.25) is 9.69 Å². The van der Waals surface area contributed by atoms with E-state index in [2.05, 4.69) is 39.8 Å². The highest BCUT2D eigenvalue weighted by Crippen LogP contribution is 2.40. The average Bonchev–Trinajstić information content (AvgIpc) is 3.19. The molecular weight excluding hydrogens is 488 g/mol. The molecule has 5 rings (SSSR count). The molecule has 1 aliphatic carbocycles. The van der Waals surface area contributed by atoms with Gasteiger partial charge < -0.3 is 4.74 Å². The second-order valence-electron chi connectivity index (χ2n) is 10.6. The molecule has 38 heavy (non-hydrogen) atoms. The van der Waals surface area contributed by atoms with Crippen molar-refractivity contribution in [3.63, 3.8) is 0 Å². The molecule has 0 radical (unpaired) electrons. The van der Waals surface area contributed by atoms with Crippen molar-refractivity contribution in [2.24, 2.45) is 10.9 Å². The number of para-hydroxylation sites is 1. The van der Waals surface area contributed by atoms with Crippen molar-refractivity contribution in [1.82, 2.24) is 4.90 Å². The van der Waals surface area contributed by atoms with E-state index >= 15 is 0 Å². The predicted octanol–water partition coefficient (Wildman–Crippen LogP) is 8.37. The number of benzene rings is 3. The molecule has 1 amide bonds. The van der Waals surface area contributed by atoms with Crippen LogP contribution in [0.4, 0.5) is 5.69 Å². The van der Waals surface area contributed by atoms with E-state index in [1.165, 1.54) is 40.4 Å². The minimum atomic E-state index is 0.0640. The zero-order valence-corrected chi connectivity index (χ0v) is 23.6. The minimum absolute atomic E-state index is 0.0640. The fraction of sp³-hybridized carbons (Fsp3) is 0.333. The summed E-state index contributed by atoms with van der Waals surface area (Å²) in [4.78, 5) is 21.3. The van der Waals surface area contributed by atoms with Gasteiger partial charge in [0.05, 0.1) is 10.6 Å². The predicted molar refractivity (Wildman–Crippen MR) is 159 cm³/mol. The zero-order valence-electron chi connectivity index (χ0n) is 22.7. The van der Waals surface area contributed by atoms with Crippen molar-refractivity contribution in [3.05, 3.63) is 99.5 Å². The first kappa shape index (κ1) is 26.3. The fourth-order valence-corrected chi connectivity index (χ4v) is 6.60. The lowest BCUT2D eigenvalue weighted by Gasteiger charge is -2.35. The molecule has 0 bridgehead atoms. The summed E-state index contributed by atoms with van der Waals surface area (Å²) in [6.45, 7) is 9.20. The number of aryl methyl sites for hydroxylation is 3. The molecule has 3 aromatic rings. The Morgan fingerprint density at radius 2 is 1.66 bits per heavy atom. The number of ether oxygens (including phenoxy) is 1. The Balaban J connectivity index is 1.35. The number of aliphatic imine (C=N–C) groups is 1. The van der Waals surface area contributed by atoms with Gasteiger partial charge >= 0.3 is 0 Å². The Labute approximate surface area is 230 Å². The van der Waals surface area contributed by atoms with Gasteiger partial charge in [-0.25, -0.2) is 4.99 Å². The second kappa shape index (κ2) is 11.6. The van der Waals surface area contributed by atoms with Crippen molar-refractivity contribution in [1.29, 1.82) is 0 Å². The number of amides is 1. The monoisotopic (exact) mass is 524 g/mol. The van der Waals surface area contributed by atoms with Crippen LogP contribution in [0.3, 0.4) is 0 Å². The largest absolute Gasteiger partial charge is 0.489 e. The number of hydrogen-bond acceptors (Lipinski definition) is 4. The number of thioether (sulfide) groups is 1. The van der Waals surface area contributed by atoms with Crippen LogP contribution >= 0.6 is 11.8 Å². The van der Waals surface area contributed by atoms with Gasteiger partial charge in [-0.15, -0.1) is 0 Å². The molecule has 2 aliphatic rings. The van der Waals surface area contributed by atoms with E-state index in [0.29, 0.717) is 12.5 Å². The van der Waals surface area contributed by atoms with E-state index in [0.717, 1.165) is 46.3 Å². The lowest BCUT2D eigenvalue weighted by molar-refractivity contribution is -0.124. The third-order valence-corrected chi connectivity index (χ3v) is 8.60. The summed E-state index contributed by atoms with van der Waals surface area (Å²) in [6.07, 6.45) is 6.56. The van der Waals surface area contributed by atoms with Gasteiger partial charge in [0.1, 0.15) is 12.4 Å². The Kier molecular flexibility index (Phi) is 8.04. The minimum Gasteiger partial charge on any atom is -0.489 e. The fourth-order valence-electron chi connectivity index (χ4n) is 5.56. The van der Waals surface area contributed by atoms with E-state index in [1.807, 2.05) is 65.6 Å². The molecule has 1 saturated heterocycles. The normalized spacial score (nSPS) is 21.9. The molecule has 5 heteroatoms. The van der Waals surface area contributed by atoms with Crippen molar-refractivity contribution in [2.45, 2.75) is 66.0 Å². The molecule has 0 spiro atoms. The van der Waals surface area contributed by atoms with Crippen LogP contribution in [0.1, 0.15) is 60.4 Å². The van der Waals surface area contributed by atoms with Gasteiger partial charge in [0.15, 0.2) is 5.17 Å². The van der Waals surface area contributed by atoms with E-state index in [1.54, 1.807) is 0 Å². The highest BCUT2D eigenvalue weighted by molar-refractivity contribution is 8.18. The third-order valence-electron chi connectivity index (χ3n) is 7.62. The first-order valence-electron chi connectivity index (χ1n) is 13.6. The molecule has 2 fully saturated rings. The molecule has 4 nitrogen and oxygen atoms in total. The van der Waals surface area contributed by atoms with Crippen LogP contribution in [0.5, 0.6) is 5.75 Å². The van der Waals surface area contributed by atoms with Crippen LogP contribution in [0, 0.1) is 26.7 Å². The SMILES string of the molecule is Cc1cc(C)c(COc2ccc(/C=C3\SC(=Nc4ccccc4)N([C@H]4CCCC[C@@H]4C)C3=O)cc2)c(C)c1. The van der Waals surface area contributed by atoms with Gasteiger partial charge in [-0.05, 0) is 104 Å². The number of nitrogens with zero attached hydrogens (tertiary/aromatic N) is 2. The van der Waals surface area contributed by atoms with E-state index in [9.17, 15) is 4.79 Å². The van der Waals surface area contributed by atoms with Gasteiger partial charge in [0, 0.05) is 6.04 Å². The van der Waals surface area contributed by atoms with Gasteiger partial charge in [-0.1, -0.05) is 67.8 Å². The van der Waals surface area contributed by atoms with Crippen molar-refractivity contribution in [3.8, 4) is 5.75 Å².